The zero-order chi connectivity index (χ0) is 14.5. The molecule has 0 aliphatic carbocycles. The number of aromatic carboxylic acids is 1. The molecule has 0 atom stereocenters. The first kappa shape index (κ1) is 13.4. The van der Waals surface area contributed by atoms with Gasteiger partial charge >= 0.3 is 5.97 Å². The van der Waals surface area contributed by atoms with Gasteiger partial charge in [0, 0.05) is 12.3 Å². The van der Waals surface area contributed by atoms with E-state index in [0.717, 1.165) is 0 Å². The SMILES string of the molecule is COc1ccc(C(=O)O)cc1Oc1ccnc(C#N)c1. The molecule has 2 rings (SSSR count). The Kier molecular flexibility index (Phi) is 3.82. The van der Waals surface area contributed by atoms with Gasteiger partial charge in [-0.2, -0.15) is 5.26 Å². The van der Waals surface area contributed by atoms with E-state index in [9.17, 15) is 4.79 Å². The smallest absolute Gasteiger partial charge is 0.335 e. The summed E-state index contributed by atoms with van der Waals surface area (Å²) in [7, 11) is 1.45. The summed E-state index contributed by atoms with van der Waals surface area (Å²) in [6.45, 7) is 0. The van der Waals surface area contributed by atoms with E-state index in [1.807, 2.05) is 6.07 Å². The number of hydrogen-bond donors (Lipinski definition) is 1. The van der Waals surface area contributed by atoms with Crippen molar-refractivity contribution < 1.29 is 19.4 Å². The molecule has 6 nitrogen and oxygen atoms in total. The predicted octanol–water partition coefficient (Wildman–Crippen LogP) is 2.45. The van der Waals surface area contributed by atoms with Gasteiger partial charge in [0.15, 0.2) is 11.5 Å². The molecule has 0 saturated carbocycles. The second-order valence-electron chi connectivity index (χ2n) is 3.76. The van der Waals surface area contributed by atoms with Crippen molar-refractivity contribution in [2.24, 2.45) is 0 Å². The predicted molar refractivity (Wildman–Crippen MR) is 69.0 cm³/mol. The quantitative estimate of drug-likeness (QED) is 0.917. The first-order chi connectivity index (χ1) is 9.63. The van der Waals surface area contributed by atoms with Crippen LogP contribution in [0.4, 0.5) is 0 Å². The van der Waals surface area contributed by atoms with Crippen LogP contribution < -0.4 is 9.47 Å². The maximum atomic E-state index is 11.0. The van der Waals surface area contributed by atoms with E-state index < -0.39 is 5.97 Å². The van der Waals surface area contributed by atoms with E-state index in [0.29, 0.717) is 11.5 Å². The Morgan fingerprint density at radius 2 is 2.10 bits per heavy atom. The van der Waals surface area contributed by atoms with Crippen molar-refractivity contribution in [1.82, 2.24) is 4.98 Å². The van der Waals surface area contributed by atoms with Gasteiger partial charge in [0.25, 0.3) is 0 Å². The lowest BCUT2D eigenvalue weighted by Gasteiger charge is -2.10. The molecule has 6 heteroatoms. The lowest BCUT2D eigenvalue weighted by Crippen LogP contribution is -1.98. The molecule has 20 heavy (non-hydrogen) atoms. The lowest BCUT2D eigenvalue weighted by molar-refractivity contribution is 0.0696. The van der Waals surface area contributed by atoms with Gasteiger partial charge in [-0.05, 0) is 24.3 Å². The number of carboxylic acids is 1. The van der Waals surface area contributed by atoms with Crippen molar-refractivity contribution in [3.05, 3.63) is 47.8 Å². The van der Waals surface area contributed by atoms with E-state index in [1.54, 1.807) is 6.07 Å². The summed E-state index contributed by atoms with van der Waals surface area (Å²) >= 11 is 0. The number of pyridine rings is 1. The molecular weight excluding hydrogens is 260 g/mol. The molecule has 0 aliphatic rings. The first-order valence-corrected chi connectivity index (χ1v) is 5.59. The van der Waals surface area contributed by atoms with Crippen molar-refractivity contribution in [3.63, 3.8) is 0 Å². The zero-order valence-corrected chi connectivity index (χ0v) is 10.5. The molecule has 0 spiro atoms. The fraction of sp³-hybridized carbons (Fsp3) is 0.0714. The largest absolute Gasteiger partial charge is 0.493 e. The van der Waals surface area contributed by atoms with Gasteiger partial charge in [0.1, 0.15) is 17.5 Å². The summed E-state index contributed by atoms with van der Waals surface area (Å²) in [6, 6.07) is 9.19. The average Bonchev–Trinajstić information content (AvgIpc) is 2.47. The summed E-state index contributed by atoms with van der Waals surface area (Å²) in [5.41, 5.74) is 0.284. The van der Waals surface area contributed by atoms with Crippen LogP contribution in [0.5, 0.6) is 17.2 Å². The fourth-order valence-electron chi connectivity index (χ4n) is 1.55. The monoisotopic (exact) mass is 270 g/mol. The van der Waals surface area contributed by atoms with E-state index in [2.05, 4.69) is 4.98 Å². The number of ether oxygens (including phenoxy) is 2. The Labute approximate surface area is 114 Å². The van der Waals surface area contributed by atoms with E-state index in [4.69, 9.17) is 19.8 Å². The molecule has 0 fully saturated rings. The van der Waals surface area contributed by atoms with Crippen molar-refractivity contribution in [2.45, 2.75) is 0 Å². The number of carboxylic acid groups (broad SMARTS) is 1. The van der Waals surface area contributed by atoms with Crippen LogP contribution in [0.3, 0.4) is 0 Å². The minimum atomic E-state index is -1.06. The molecule has 1 aromatic carbocycles. The van der Waals surface area contributed by atoms with E-state index >= 15 is 0 Å². The fourth-order valence-corrected chi connectivity index (χ4v) is 1.55. The van der Waals surface area contributed by atoms with Crippen molar-refractivity contribution in [3.8, 4) is 23.3 Å². The number of carbonyl (C=O) groups is 1. The summed E-state index contributed by atoms with van der Waals surface area (Å²) in [5.74, 6) is -0.0462. The van der Waals surface area contributed by atoms with Gasteiger partial charge in [-0.25, -0.2) is 9.78 Å². The standard InChI is InChI=1S/C14H10N2O4/c1-19-12-3-2-9(14(17)18)6-13(12)20-11-4-5-16-10(7-11)8-15/h2-7H,1H3,(H,17,18). The van der Waals surface area contributed by atoms with Gasteiger partial charge in [0.05, 0.1) is 12.7 Å². The summed E-state index contributed by atoms with van der Waals surface area (Å²) in [4.78, 5) is 14.8. The van der Waals surface area contributed by atoms with Gasteiger partial charge < -0.3 is 14.6 Å². The van der Waals surface area contributed by atoms with Crippen LogP contribution in [0.25, 0.3) is 0 Å². The third-order valence-electron chi connectivity index (χ3n) is 2.48. The number of nitriles is 1. The number of methoxy groups -OCH3 is 1. The summed E-state index contributed by atoms with van der Waals surface area (Å²) < 4.78 is 10.7. The topological polar surface area (TPSA) is 92.4 Å². The van der Waals surface area contributed by atoms with Crippen molar-refractivity contribution >= 4 is 5.97 Å². The van der Waals surface area contributed by atoms with Crippen molar-refractivity contribution in [1.29, 1.82) is 5.26 Å². The van der Waals surface area contributed by atoms with E-state index in [-0.39, 0.29) is 17.0 Å². The Balaban J connectivity index is 2.38. The lowest BCUT2D eigenvalue weighted by atomic mass is 10.2. The van der Waals surface area contributed by atoms with Crippen LogP contribution >= 0.6 is 0 Å². The first-order valence-electron chi connectivity index (χ1n) is 5.59. The van der Waals surface area contributed by atoms with Crippen LogP contribution in [0, 0.1) is 11.3 Å². The number of benzene rings is 1. The van der Waals surface area contributed by atoms with Gasteiger partial charge in [-0.3, -0.25) is 0 Å². The minimum Gasteiger partial charge on any atom is -0.493 e. The highest BCUT2D eigenvalue weighted by Gasteiger charge is 2.11. The van der Waals surface area contributed by atoms with E-state index in [1.165, 1.54) is 37.6 Å². The highest BCUT2D eigenvalue weighted by molar-refractivity contribution is 5.88. The Hall–Kier alpha value is -3.07. The molecule has 0 aliphatic heterocycles. The maximum Gasteiger partial charge on any atom is 0.335 e. The highest BCUT2D eigenvalue weighted by atomic mass is 16.5. The van der Waals surface area contributed by atoms with Crippen LogP contribution in [-0.4, -0.2) is 23.2 Å². The summed E-state index contributed by atoms with van der Waals surface area (Å²) in [5, 5.41) is 17.7. The Morgan fingerprint density at radius 3 is 2.75 bits per heavy atom. The normalized spacial score (nSPS) is 9.60. The Bertz CT molecular complexity index is 692. The molecular formula is C14H10N2O4. The molecule has 1 aromatic heterocycles. The number of hydrogen-bond acceptors (Lipinski definition) is 5. The highest BCUT2D eigenvalue weighted by Crippen LogP contribution is 2.32. The number of rotatable bonds is 4. The van der Waals surface area contributed by atoms with Crippen LogP contribution in [0.2, 0.25) is 0 Å². The van der Waals surface area contributed by atoms with Crippen molar-refractivity contribution in [2.75, 3.05) is 7.11 Å². The molecule has 2 aromatic rings. The van der Waals surface area contributed by atoms with Gasteiger partial charge in [-0.15, -0.1) is 0 Å². The second-order valence-corrected chi connectivity index (χ2v) is 3.76. The molecule has 1 heterocycles. The number of nitrogens with zero attached hydrogens (tertiary/aromatic N) is 2. The zero-order valence-electron chi connectivity index (χ0n) is 10.5. The third-order valence-corrected chi connectivity index (χ3v) is 2.48. The maximum absolute atomic E-state index is 11.0. The molecule has 0 bridgehead atoms. The molecule has 0 amide bonds. The molecule has 0 unspecified atom stereocenters. The van der Waals surface area contributed by atoms with Crippen LogP contribution in [-0.2, 0) is 0 Å². The molecule has 1 N–H and O–H groups in total. The Morgan fingerprint density at radius 1 is 1.30 bits per heavy atom. The third kappa shape index (κ3) is 2.84. The molecule has 0 radical (unpaired) electrons. The van der Waals surface area contributed by atoms with Gasteiger partial charge in [0.2, 0.25) is 0 Å². The molecule has 0 saturated heterocycles. The second kappa shape index (κ2) is 5.71. The van der Waals surface area contributed by atoms with Gasteiger partial charge in [-0.1, -0.05) is 0 Å². The summed E-state index contributed by atoms with van der Waals surface area (Å²) in [6.07, 6.45) is 1.43. The average molecular weight is 270 g/mol. The minimum absolute atomic E-state index is 0.0790. The molecule has 100 valence electrons. The van der Waals surface area contributed by atoms with Crippen LogP contribution in [0.1, 0.15) is 16.1 Å². The number of aromatic nitrogens is 1. The van der Waals surface area contributed by atoms with Crippen LogP contribution in [0.15, 0.2) is 36.5 Å².